The minimum absolute atomic E-state index is 0.608. The van der Waals surface area contributed by atoms with Crippen molar-refractivity contribution in [2.75, 3.05) is 34.5 Å². The van der Waals surface area contributed by atoms with Crippen LogP contribution in [0.4, 0.5) is 0 Å². The van der Waals surface area contributed by atoms with E-state index in [0.717, 1.165) is 59.3 Å². The average Bonchev–Trinajstić information content (AvgIpc) is 3.00. The van der Waals surface area contributed by atoms with Crippen LogP contribution in [0.1, 0.15) is 11.1 Å². The van der Waals surface area contributed by atoms with E-state index >= 15 is 0 Å². The first-order valence-electron chi connectivity index (χ1n) is 10.0. The van der Waals surface area contributed by atoms with Crippen molar-refractivity contribution < 1.29 is 18.9 Å². The molecule has 0 fully saturated rings. The number of hydrogen-bond acceptors (Lipinski definition) is 5. The minimum Gasteiger partial charge on any atom is -0.497 e. The number of ether oxygens (including phenoxy) is 4. The summed E-state index contributed by atoms with van der Waals surface area (Å²) < 4.78 is 22.7. The first-order chi connectivity index (χ1) is 14.7. The predicted molar refractivity (Wildman–Crippen MR) is 118 cm³/mol. The van der Waals surface area contributed by atoms with Gasteiger partial charge in [-0.25, -0.2) is 0 Å². The first kappa shape index (κ1) is 20.1. The standard InChI is InChI=1S/C25H27NO4/c1-27-22-9-6-8-18(14-22)20-13-21-17-26(11-12-30-25(21)24(15-20)29-3)16-19-7-4-5-10-23(19)28-2/h4-10,13-15H,11-12,16-17H2,1-3H3. The molecule has 1 aliphatic rings. The van der Waals surface area contributed by atoms with Crippen LogP contribution in [0.15, 0.2) is 60.7 Å². The summed E-state index contributed by atoms with van der Waals surface area (Å²) >= 11 is 0. The van der Waals surface area contributed by atoms with Gasteiger partial charge in [0.2, 0.25) is 0 Å². The second-order valence-electron chi connectivity index (χ2n) is 7.27. The molecule has 0 amide bonds. The van der Waals surface area contributed by atoms with E-state index in [1.807, 2.05) is 42.5 Å². The molecule has 0 saturated heterocycles. The van der Waals surface area contributed by atoms with Crippen molar-refractivity contribution in [1.82, 2.24) is 4.90 Å². The molecule has 0 aliphatic carbocycles. The van der Waals surface area contributed by atoms with Crippen molar-refractivity contribution in [2.45, 2.75) is 13.1 Å². The lowest BCUT2D eigenvalue weighted by Gasteiger charge is -2.21. The van der Waals surface area contributed by atoms with Crippen LogP contribution in [-0.2, 0) is 13.1 Å². The smallest absolute Gasteiger partial charge is 0.165 e. The van der Waals surface area contributed by atoms with Crippen LogP contribution >= 0.6 is 0 Å². The Balaban J connectivity index is 1.67. The molecule has 30 heavy (non-hydrogen) atoms. The quantitative estimate of drug-likeness (QED) is 0.591. The van der Waals surface area contributed by atoms with Gasteiger partial charge in [-0.05, 0) is 41.5 Å². The molecule has 0 radical (unpaired) electrons. The second-order valence-corrected chi connectivity index (χ2v) is 7.27. The Bertz CT molecular complexity index is 1020. The topological polar surface area (TPSA) is 40.2 Å². The highest BCUT2D eigenvalue weighted by molar-refractivity contribution is 5.70. The molecule has 0 saturated carbocycles. The fraction of sp³-hybridized carbons (Fsp3) is 0.280. The molecular formula is C25H27NO4. The van der Waals surface area contributed by atoms with Gasteiger partial charge < -0.3 is 18.9 Å². The minimum atomic E-state index is 0.608. The maximum Gasteiger partial charge on any atom is 0.165 e. The zero-order valence-electron chi connectivity index (χ0n) is 17.7. The summed E-state index contributed by atoms with van der Waals surface area (Å²) in [6, 6.07) is 20.4. The molecular weight excluding hydrogens is 378 g/mol. The summed E-state index contributed by atoms with van der Waals surface area (Å²) in [5.41, 5.74) is 4.43. The molecule has 1 heterocycles. The van der Waals surface area contributed by atoms with Gasteiger partial charge in [-0.3, -0.25) is 4.90 Å². The molecule has 156 valence electrons. The average molecular weight is 405 g/mol. The van der Waals surface area contributed by atoms with E-state index in [4.69, 9.17) is 18.9 Å². The summed E-state index contributed by atoms with van der Waals surface area (Å²) in [6.45, 7) is 2.99. The molecule has 0 spiro atoms. The number of methoxy groups -OCH3 is 3. The third-order valence-electron chi connectivity index (χ3n) is 5.39. The van der Waals surface area contributed by atoms with Crippen LogP contribution in [0.3, 0.4) is 0 Å². The maximum absolute atomic E-state index is 6.11. The normalized spacial score (nSPS) is 13.7. The first-order valence-corrected chi connectivity index (χ1v) is 10.0. The number of benzene rings is 3. The van der Waals surface area contributed by atoms with Crippen LogP contribution in [0.25, 0.3) is 11.1 Å². The van der Waals surface area contributed by atoms with Crippen LogP contribution in [0.5, 0.6) is 23.0 Å². The van der Waals surface area contributed by atoms with E-state index in [1.54, 1.807) is 21.3 Å². The molecule has 1 aliphatic heterocycles. The highest BCUT2D eigenvalue weighted by Gasteiger charge is 2.21. The van der Waals surface area contributed by atoms with Gasteiger partial charge in [0.15, 0.2) is 11.5 Å². The van der Waals surface area contributed by atoms with Crippen LogP contribution in [0, 0.1) is 0 Å². The molecule has 0 unspecified atom stereocenters. The lowest BCUT2D eigenvalue weighted by molar-refractivity contribution is 0.215. The summed E-state index contributed by atoms with van der Waals surface area (Å²) in [7, 11) is 5.08. The maximum atomic E-state index is 6.11. The van der Waals surface area contributed by atoms with Gasteiger partial charge >= 0.3 is 0 Å². The highest BCUT2D eigenvalue weighted by Crippen LogP contribution is 2.39. The summed E-state index contributed by atoms with van der Waals surface area (Å²) in [5.74, 6) is 3.32. The Morgan fingerprint density at radius 1 is 0.833 bits per heavy atom. The third kappa shape index (κ3) is 4.21. The van der Waals surface area contributed by atoms with E-state index in [2.05, 4.69) is 23.1 Å². The fourth-order valence-corrected chi connectivity index (χ4v) is 3.87. The summed E-state index contributed by atoms with van der Waals surface area (Å²) in [6.07, 6.45) is 0. The Hall–Kier alpha value is -3.18. The van der Waals surface area contributed by atoms with Gasteiger partial charge in [0.05, 0.1) is 21.3 Å². The predicted octanol–water partition coefficient (Wildman–Crippen LogP) is 4.77. The zero-order valence-corrected chi connectivity index (χ0v) is 17.7. The fourth-order valence-electron chi connectivity index (χ4n) is 3.87. The molecule has 5 heteroatoms. The number of rotatable bonds is 6. The van der Waals surface area contributed by atoms with Crippen molar-refractivity contribution in [3.8, 4) is 34.1 Å². The van der Waals surface area contributed by atoms with Crippen molar-refractivity contribution in [1.29, 1.82) is 0 Å². The Kier molecular flexibility index (Phi) is 6.10. The largest absolute Gasteiger partial charge is 0.497 e. The van der Waals surface area contributed by atoms with E-state index in [-0.39, 0.29) is 0 Å². The number of fused-ring (bicyclic) bond motifs is 1. The molecule has 0 atom stereocenters. The van der Waals surface area contributed by atoms with Crippen LogP contribution in [0.2, 0.25) is 0 Å². The van der Waals surface area contributed by atoms with E-state index in [0.29, 0.717) is 6.61 Å². The molecule has 0 aromatic heterocycles. The van der Waals surface area contributed by atoms with Crippen LogP contribution in [-0.4, -0.2) is 39.4 Å². The van der Waals surface area contributed by atoms with Gasteiger partial charge in [-0.1, -0.05) is 30.3 Å². The summed E-state index contributed by atoms with van der Waals surface area (Å²) in [5, 5.41) is 0. The number of hydrogen-bond donors (Lipinski definition) is 0. The Morgan fingerprint density at radius 2 is 1.67 bits per heavy atom. The zero-order chi connectivity index (χ0) is 20.9. The molecule has 3 aromatic carbocycles. The van der Waals surface area contributed by atoms with Crippen molar-refractivity contribution >= 4 is 0 Å². The molecule has 0 bridgehead atoms. The van der Waals surface area contributed by atoms with Gasteiger partial charge in [0.25, 0.3) is 0 Å². The molecule has 4 rings (SSSR count). The van der Waals surface area contributed by atoms with Gasteiger partial charge in [0.1, 0.15) is 18.1 Å². The molecule has 3 aromatic rings. The summed E-state index contributed by atoms with van der Waals surface area (Å²) in [4.78, 5) is 2.37. The van der Waals surface area contributed by atoms with Crippen molar-refractivity contribution in [2.24, 2.45) is 0 Å². The Morgan fingerprint density at radius 3 is 2.47 bits per heavy atom. The lowest BCUT2D eigenvalue weighted by atomic mass is 10.0. The van der Waals surface area contributed by atoms with Crippen LogP contribution < -0.4 is 18.9 Å². The number of nitrogens with zero attached hydrogens (tertiary/aromatic N) is 1. The van der Waals surface area contributed by atoms with Gasteiger partial charge in [0, 0.05) is 30.8 Å². The SMILES string of the molecule is COc1cccc(-c2cc3c(c(OC)c2)OCCN(Cc2ccccc2OC)C3)c1. The van der Waals surface area contributed by atoms with E-state index < -0.39 is 0 Å². The van der Waals surface area contributed by atoms with E-state index in [9.17, 15) is 0 Å². The van der Waals surface area contributed by atoms with Gasteiger partial charge in [-0.15, -0.1) is 0 Å². The highest BCUT2D eigenvalue weighted by atomic mass is 16.5. The second kappa shape index (κ2) is 9.09. The Labute approximate surface area is 177 Å². The third-order valence-corrected chi connectivity index (χ3v) is 5.39. The molecule has 0 N–H and O–H groups in total. The molecule has 5 nitrogen and oxygen atoms in total. The van der Waals surface area contributed by atoms with Crippen molar-refractivity contribution in [3.63, 3.8) is 0 Å². The number of para-hydroxylation sites is 1. The monoisotopic (exact) mass is 405 g/mol. The van der Waals surface area contributed by atoms with Crippen molar-refractivity contribution in [3.05, 3.63) is 71.8 Å². The van der Waals surface area contributed by atoms with Gasteiger partial charge in [-0.2, -0.15) is 0 Å². The van der Waals surface area contributed by atoms with E-state index in [1.165, 1.54) is 5.56 Å². The lowest BCUT2D eigenvalue weighted by Crippen LogP contribution is -2.25.